The third-order valence-corrected chi connectivity index (χ3v) is 3.73. The van der Waals surface area contributed by atoms with Crippen molar-refractivity contribution in [3.63, 3.8) is 0 Å². The Hall–Kier alpha value is -2.27. The molecule has 1 aromatic carbocycles. The van der Waals surface area contributed by atoms with Gasteiger partial charge in [0.15, 0.2) is 5.13 Å². The summed E-state index contributed by atoms with van der Waals surface area (Å²) >= 11 is 1.59. The van der Waals surface area contributed by atoms with Crippen molar-refractivity contribution in [2.45, 2.75) is 6.92 Å². The summed E-state index contributed by atoms with van der Waals surface area (Å²) in [6.07, 6.45) is 3.30. The summed E-state index contributed by atoms with van der Waals surface area (Å²) in [5.74, 6) is 0. The molecule has 0 amide bonds. The third kappa shape index (κ3) is 2.61. The molecule has 3 rings (SSSR count). The number of rotatable bonds is 3. The lowest BCUT2D eigenvalue weighted by Crippen LogP contribution is -1.88. The fourth-order valence-corrected chi connectivity index (χ4v) is 2.72. The molecule has 0 fully saturated rings. The smallest absolute Gasteiger partial charge is 0.188 e. The lowest BCUT2D eigenvalue weighted by Gasteiger charge is -2.00. The Balaban J connectivity index is 1.90. The first-order valence-electron chi connectivity index (χ1n) is 5.89. The molecule has 0 aliphatic carbocycles. The molecule has 0 unspecified atom stereocenters. The summed E-state index contributed by atoms with van der Waals surface area (Å²) in [7, 11) is 0. The Morgan fingerprint density at radius 3 is 2.68 bits per heavy atom. The zero-order chi connectivity index (χ0) is 13.1. The van der Waals surface area contributed by atoms with E-state index in [1.807, 2.05) is 43.3 Å². The van der Waals surface area contributed by atoms with Crippen molar-refractivity contribution in [3.05, 3.63) is 54.6 Å². The summed E-state index contributed by atoms with van der Waals surface area (Å²) < 4.78 is 0. The number of para-hydroxylation sites is 1. The van der Waals surface area contributed by atoms with E-state index < -0.39 is 0 Å². The molecule has 0 aliphatic heterocycles. The Morgan fingerprint density at radius 2 is 1.95 bits per heavy atom. The molecular weight excluding hydrogens is 256 g/mol. The Labute approximate surface area is 115 Å². The highest BCUT2D eigenvalue weighted by molar-refractivity contribution is 7.19. The standard InChI is InChI=1S/C14H12N4S/c1-10-13(12-7-8-15-9-16-12)19-14(17-10)18-11-5-3-2-4-6-11/h2-9H,1H3,(H,17,18). The zero-order valence-corrected chi connectivity index (χ0v) is 11.2. The van der Waals surface area contributed by atoms with Crippen molar-refractivity contribution in [2.24, 2.45) is 0 Å². The maximum Gasteiger partial charge on any atom is 0.188 e. The normalized spacial score (nSPS) is 10.4. The SMILES string of the molecule is Cc1nc(Nc2ccccc2)sc1-c1ccncn1. The number of nitrogens with zero attached hydrogens (tertiary/aromatic N) is 3. The summed E-state index contributed by atoms with van der Waals surface area (Å²) in [6.45, 7) is 1.99. The predicted molar refractivity (Wildman–Crippen MR) is 77.6 cm³/mol. The molecule has 4 nitrogen and oxygen atoms in total. The minimum Gasteiger partial charge on any atom is -0.332 e. The van der Waals surface area contributed by atoms with Gasteiger partial charge < -0.3 is 5.32 Å². The largest absolute Gasteiger partial charge is 0.332 e. The summed E-state index contributed by atoms with van der Waals surface area (Å²) in [6, 6.07) is 11.9. The second-order valence-electron chi connectivity index (χ2n) is 4.02. The minimum atomic E-state index is 0.873. The number of nitrogens with one attached hydrogen (secondary N) is 1. The third-order valence-electron chi connectivity index (χ3n) is 2.64. The van der Waals surface area contributed by atoms with Crippen LogP contribution in [0.1, 0.15) is 5.69 Å². The molecule has 1 N–H and O–H groups in total. The Kier molecular flexibility index (Phi) is 3.20. The van der Waals surface area contributed by atoms with E-state index in [-0.39, 0.29) is 0 Å². The number of anilines is 2. The van der Waals surface area contributed by atoms with E-state index in [9.17, 15) is 0 Å². The highest BCUT2D eigenvalue weighted by atomic mass is 32.1. The van der Waals surface area contributed by atoms with Gasteiger partial charge in [0.1, 0.15) is 6.33 Å². The van der Waals surface area contributed by atoms with Crippen LogP contribution in [-0.4, -0.2) is 15.0 Å². The van der Waals surface area contributed by atoms with E-state index in [0.717, 1.165) is 27.1 Å². The van der Waals surface area contributed by atoms with Crippen LogP contribution in [0.2, 0.25) is 0 Å². The molecule has 3 aromatic rings. The average molecular weight is 268 g/mol. The van der Waals surface area contributed by atoms with Gasteiger partial charge in [-0.15, -0.1) is 0 Å². The van der Waals surface area contributed by atoms with Crippen LogP contribution in [0.5, 0.6) is 0 Å². The van der Waals surface area contributed by atoms with Crippen LogP contribution >= 0.6 is 11.3 Å². The van der Waals surface area contributed by atoms with E-state index in [4.69, 9.17) is 0 Å². The van der Waals surface area contributed by atoms with Gasteiger partial charge in [-0.3, -0.25) is 0 Å². The van der Waals surface area contributed by atoms with E-state index in [1.165, 1.54) is 0 Å². The number of aryl methyl sites for hydroxylation is 1. The van der Waals surface area contributed by atoms with Gasteiger partial charge in [0.25, 0.3) is 0 Å². The van der Waals surface area contributed by atoms with Gasteiger partial charge in [-0.25, -0.2) is 15.0 Å². The van der Waals surface area contributed by atoms with Crippen LogP contribution < -0.4 is 5.32 Å². The van der Waals surface area contributed by atoms with Crippen molar-refractivity contribution >= 4 is 22.2 Å². The van der Waals surface area contributed by atoms with Crippen molar-refractivity contribution in [3.8, 4) is 10.6 Å². The van der Waals surface area contributed by atoms with Gasteiger partial charge in [-0.1, -0.05) is 29.5 Å². The maximum atomic E-state index is 4.53. The molecule has 0 aliphatic rings. The Morgan fingerprint density at radius 1 is 1.11 bits per heavy atom. The fourth-order valence-electron chi connectivity index (χ4n) is 1.76. The maximum absolute atomic E-state index is 4.53. The van der Waals surface area contributed by atoms with E-state index in [0.29, 0.717) is 0 Å². The first kappa shape index (κ1) is 11.8. The zero-order valence-electron chi connectivity index (χ0n) is 10.4. The number of aromatic nitrogens is 3. The lowest BCUT2D eigenvalue weighted by molar-refractivity contribution is 1.17. The number of thiazole rings is 1. The highest BCUT2D eigenvalue weighted by Crippen LogP contribution is 2.32. The van der Waals surface area contributed by atoms with Gasteiger partial charge in [-0.2, -0.15) is 0 Å². The van der Waals surface area contributed by atoms with E-state index >= 15 is 0 Å². The fraction of sp³-hybridized carbons (Fsp3) is 0.0714. The molecule has 0 saturated heterocycles. The number of hydrogen-bond donors (Lipinski definition) is 1. The summed E-state index contributed by atoms with van der Waals surface area (Å²) in [5, 5.41) is 4.17. The molecule has 0 bridgehead atoms. The number of benzene rings is 1. The van der Waals surface area contributed by atoms with E-state index in [2.05, 4.69) is 20.3 Å². The first-order valence-corrected chi connectivity index (χ1v) is 6.70. The monoisotopic (exact) mass is 268 g/mol. The predicted octanol–water partition coefficient (Wildman–Crippen LogP) is 3.65. The van der Waals surface area contributed by atoms with Crippen LogP contribution in [0.3, 0.4) is 0 Å². The molecule has 2 heterocycles. The van der Waals surface area contributed by atoms with Crippen LogP contribution in [0.4, 0.5) is 10.8 Å². The van der Waals surface area contributed by atoms with Crippen LogP contribution in [0, 0.1) is 6.92 Å². The van der Waals surface area contributed by atoms with Crippen molar-refractivity contribution in [1.29, 1.82) is 0 Å². The van der Waals surface area contributed by atoms with Gasteiger partial charge >= 0.3 is 0 Å². The molecule has 94 valence electrons. The van der Waals surface area contributed by atoms with Crippen LogP contribution in [-0.2, 0) is 0 Å². The molecule has 2 aromatic heterocycles. The molecule has 5 heteroatoms. The van der Waals surface area contributed by atoms with Crippen LogP contribution in [0.15, 0.2) is 48.9 Å². The van der Waals surface area contributed by atoms with Crippen molar-refractivity contribution in [2.75, 3.05) is 5.32 Å². The van der Waals surface area contributed by atoms with Gasteiger partial charge in [0.2, 0.25) is 0 Å². The second-order valence-corrected chi connectivity index (χ2v) is 5.02. The summed E-state index contributed by atoms with van der Waals surface area (Å²) in [5.41, 5.74) is 2.92. The van der Waals surface area contributed by atoms with Crippen LogP contribution in [0.25, 0.3) is 10.6 Å². The average Bonchev–Trinajstić information content (AvgIpc) is 2.82. The molecule has 0 spiro atoms. The van der Waals surface area contributed by atoms with E-state index in [1.54, 1.807) is 23.9 Å². The first-order chi connectivity index (χ1) is 9.33. The molecule has 0 saturated carbocycles. The summed E-state index contributed by atoms with van der Waals surface area (Å²) in [4.78, 5) is 13.8. The molecule has 0 radical (unpaired) electrons. The molecule has 0 atom stereocenters. The highest BCUT2D eigenvalue weighted by Gasteiger charge is 2.10. The second kappa shape index (κ2) is 5.16. The lowest BCUT2D eigenvalue weighted by atomic mass is 10.3. The molecule has 19 heavy (non-hydrogen) atoms. The van der Waals surface area contributed by atoms with Gasteiger partial charge in [0.05, 0.1) is 16.3 Å². The topological polar surface area (TPSA) is 50.7 Å². The van der Waals surface area contributed by atoms with Crippen molar-refractivity contribution in [1.82, 2.24) is 15.0 Å². The van der Waals surface area contributed by atoms with Crippen molar-refractivity contribution < 1.29 is 0 Å². The number of hydrogen-bond acceptors (Lipinski definition) is 5. The van der Waals surface area contributed by atoms with Gasteiger partial charge in [0, 0.05) is 11.9 Å². The molecular formula is C14H12N4S. The Bertz CT molecular complexity index is 664. The van der Waals surface area contributed by atoms with Gasteiger partial charge in [-0.05, 0) is 25.1 Å². The quantitative estimate of drug-likeness (QED) is 0.787. The minimum absolute atomic E-state index is 0.873.